The molecule has 1 saturated heterocycles. The van der Waals surface area contributed by atoms with Crippen LogP contribution in [0.3, 0.4) is 0 Å². The molecule has 1 amide bonds. The van der Waals surface area contributed by atoms with Gasteiger partial charge in [-0.25, -0.2) is 0 Å². The molecule has 1 unspecified atom stereocenters. The van der Waals surface area contributed by atoms with Crippen molar-refractivity contribution in [1.29, 1.82) is 0 Å². The molecule has 1 fully saturated rings. The van der Waals surface area contributed by atoms with E-state index in [9.17, 15) is 4.79 Å². The van der Waals surface area contributed by atoms with Crippen LogP contribution in [0.2, 0.25) is 5.02 Å². The molecule has 0 saturated carbocycles. The number of amides is 1. The maximum absolute atomic E-state index is 12.1. The number of rotatable bonds is 1. The van der Waals surface area contributed by atoms with Gasteiger partial charge in [-0.05, 0) is 30.5 Å². The molecule has 1 aliphatic rings. The van der Waals surface area contributed by atoms with E-state index in [2.05, 4.69) is 6.92 Å². The van der Waals surface area contributed by atoms with E-state index < -0.39 is 0 Å². The van der Waals surface area contributed by atoms with Crippen LogP contribution in [-0.4, -0.2) is 23.9 Å². The van der Waals surface area contributed by atoms with Gasteiger partial charge < -0.3 is 10.6 Å². The Labute approximate surface area is 100 Å². The fraction of sp³-hybridized carbons (Fsp3) is 0.417. The van der Waals surface area contributed by atoms with Crippen molar-refractivity contribution in [3.63, 3.8) is 0 Å². The molecule has 1 aromatic rings. The molecule has 4 heteroatoms. The number of nitrogens with two attached hydrogens (primary N) is 1. The minimum Gasteiger partial charge on any atom is -0.398 e. The summed E-state index contributed by atoms with van der Waals surface area (Å²) in [6, 6.07) is 5.05. The number of nitrogen functional groups attached to an aromatic ring is 1. The van der Waals surface area contributed by atoms with Gasteiger partial charge in [0, 0.05) is 18.7 Å². The van der Waals surface area contributed by atoms with Crippen molar-refractivity contribution in [3.05, 3.63) is 28.8 Å². The van der Waals surface area contributed by atoms with Crippen LogP contribution >= 0.6 is 11.6 Å². The minimum absolute atomic E-state index is 0.0475. The van der Waals surface area contributed by atoms with Crippen molar-refractivity contribution in [2.24, 2.45) is 5.92 Å². The molecule has 16 heavy (non-hydrogen) atoms. The number of halogens is 1. The summed E-state index contributed by atoms with van der Waals surface area (Å²) in [5.41, 5.74) is 6.73. The van der Waals surface area contributed by atoms with Crippen LogP contribution in [0.5, 0.6) is 0 Å². The zero-order valence-electron chi connectivity index (χ0n) is 9.24. The maximum Gasteiger partial charge on any atom is 0.253 e. The second-order valence-corrected chi connectivity index (χ2v) is 4.79. The first kappa shape index (κ1) is 11.3. The van der Waals surface area contributed by atoms with Crippen LogP contribution in [0, 0.1) is 5.92 Å². The van der Waals surface area contributed by atoms with Crippen LogP contribution in [0.15, 0.2) is 18.2 Å². The molecule has 1 heterocycles. The van der Waals surface area contributed by atoms with E-state index in [1.54, 1.807) is 18.2 Å². The van der Waals surface area contributed by atoms with Crippen molar-refractivity contribution in [3.8, 4) is 0 Å². The Hall–Kier alpha value is -1.22. The third kappa shape index (κ3) is 2.14. The van der Waals surface area contributed by atoms with E-state index in [1.165, 1.54) is 0 Å². The topological polar surface area (TPSA) is 46.3 Å². The highest BCUT2D eigenvalue weighted by atomic mass is 35.5. The molecular weight excluding hydrogens is 224 g/mol. The Balaban J connectivity index is 2.18. The van der Waals surface area contributed by atoms with E-state index in [1.807, 2.05) is 4.90 Å². The number of hydrogen-bond acceptors (Lipinski definition) is 2. The molecule has 1 aliphatic heterocycles. The van der Waals surface area contributed by atoms with Crippen molar-refractivity contribution >= 4 is 23.2 Å². The molecule has 2 N–H and O–H groups in total. The smallest absolute Gasteiger partial charge is 0.253 e. The summed E-state index contributed by atoms with van der Waals surface area (Å²) in [6.45, 7) is 3.83. The average molecular weight is 239 g/mol. The molecule has 0 aliphatic carbocycles. The van der Waals surface area contributed by atoms with Gasteiger partial charge in [0.15, 0.2) is 0 Å². The Morgan fingerprint density at radius 1 is 1.56 bits per heavy atom. The number of carbonyl (C=O) groups is 1. The second kappa shape index (κ2) is 4.34. The van der Waals surface area contributed by atoms with Crippen molar-refractivity contribution in [1.82, 2.24) is 4.90 Å². The van der Waals surface area contributed by atoms with Crippen molar-refractivity contribution < 1.29 is 4.79 Å². The summed E-state index contributed by atoms with van der Waals surface area (Å²) in [4.78, 5) is 14.0. The lowest BCUT2D eigenvalue weighted by atomic mass is 10.1. The molecule has 1 atom stereocenters. The third-order valence-corrected chi connectivity index (χ3v) is 3.29. The lowest BCUT2D eigenvalue weighted by Crippen LogP contribution is -2.28. The first-order valence-corrected chi connectivity index (χ1v) is 5.80. The van der Waals surface area contributed by atoms with Gasteiger partial charge in [-0.1, -0.05) is 18.5 Å². The average Bonchev–Trinajstić information content (AvgIpc) is 2.68. The highest BCUT2D eigenvalue weighted by Crippen LogP contribution is 2.23. The van der Waals surface area contributed by atoms with Gasteiger partial charge in [0.2, 0.25) is 0 Å². The first-order valence-electron chi connectivity index (χ1n) is 5.42. The summed E-state index contributed by atoms with van der Waals surface area (Å²) in [5, 5.41) is 0.443. The van der Waals surface area contributed by atoms with Gasteiger partial charge in [0.25, 0.3) is 5.91 Å². The van der Waals surface area contributed by atoms with E-state index in [0.29, 0.717) is 22.2 Å². The summed E-state index contributed by atoms with van der Waals surface area (Å²) >= 11 is 5.90. The van der Waals surface area contributed by atoms with Crippen LogP contribution < -0.4 is 5.73 Å². The summed E-state index contributed by atoms with van der Waals surface area (Å²) in [5.74, 6) is 0.638. The van der Waals surface area contributed by atoms with Gasteiger partial charge in [0.1, 0.15) is 0 Å². The number of anilines is 1. The molecule has 0 aromatic heterocycles. The highest BCUT2D eigenvalue weighted by Gasteiger charge is 2.24. The maximum atomic E-state index is 12.1. The van der Waals surface area contributed by atoms with Crippen molar-refractivity contribution in [2.45, 2.75) is 13.3 Å². The first-order chi connectivity index (χ1) is 7.58. The zero-order valence-corrected chi connectivity index (χ0v) is 10.00. The molecule has 0 bridgehead atoms. The van der Waals surface area contributed by atoms with Crippen LogP contribution in [0.25, 0.3) is 0 Å². The number of nitrogens with zero attached hydrogens (tertiary/aromatic N) is 1. The van der Waals surface area contributed by atoms with Gasteiger partial charge in [0.05, 0.1) is 10.7 Å². The van der Waals surface area contributed by atoms with E-state index in [0.717, 1.165) is 19.5 Å². The molecule has 86 valence electrons. The Kier molecular flexibility index (Phi) is 3.06. The van der Waals surface area contributed by atoms with Crippen LogP contribution in [-0.2, 0) is 0 Å². The largest absolute Gasteiger partial charge is 0.398 e. The van der Waals surface area contributed by atoms with E-state index >= 15 is 0 Å². The van der Waals surface area contributed by atoms with Gasteiger partial charge >= 0.3 is 0 Å². The number of likely N-dealkylation sites (tertiary alicyclic amines) is 1. The number of carbonyl (C=O) groups excluding carboxylic acids is 1. The molecule has 0 spiro atoms. The predicted octanol–water partition coefficient (Wildman–Crippen LogP) is 2.40. The van der Waals surface area contributed by atoms with Gasteiger partial charge in [-0.2, -0.15) is 0 Å². The minimum atomic E-state index is 0.0475. The molecule has 3 nitrogen and oxygen atoms in total. The second-order valence-electron chi connectivity index (χ2n) is 4.38. The number of benzene rings is 1. The van der Waals surface area contributed by atoms with Crippen LogP contribution in [0.4, 0.5) is 5.69 Å². The van der Waals surface area contributed by atoms with Gasteiger partial charge in [-0.3, -0.25) is 4.79 Å². The fourth-order valence-corrected chi connectivity index (χ4v) is 2.14. The Bertz CT molecular complexity index is 419. The number of hydrogen-bond donors (Lipinski definition) is 1. The van der Waals surface area contributed by atoms with Crippen molar-refractivity contribution in [2.75, 3.05) is 18.8 Å². The summed E-state index contributed by atoms with van der Waals surface area (Å²) < 4.78 is 0. The normalized spacial score (nSPS) is 20.1. The molecular formula is C12H15ClN2O. The molecule has 0 radical (unpaired) electrons. The van der Waals surface area contributed by atoms with Gasteiger partial charge in [-0.15, -0.1) is 0 Å². The van der Waals surface area contributed by atoms with Crippen LogP contribution in [0.1, 0.15) is 23.7 Å². The fourth-order valence-electron chi connectivity index (χ4n) is 1.96. The lowest BCUT2D eigenvalue weighted by Gasteiger charge is -2.16. The summed E-state index contributed by atoms with van der Waals surface area (Å²) in [6.07, 6.45) is 1.08. The molecule has 1 aromatic carbocycles. The quantitative estimate of drug-likeness (QED) is 0.764. The third-order valence-electron chi connectivity index (χ3n) is 2.96. The monoisotopic (exact) mass is 238 g/mol. The van der Waals surface area contributed by atoms with E-state index in [4.69, 9.17) is 17.3 Å². The summed E-state index contributed by atoms with van der Waals surface area (Å²) in [7, 11) is 0. The highest BCUT2D eigenvalue weighted by molar-refractivity contribution is 6.33. The molecule has 2 rings (SSSR count). The predicted molar refractivity (Wildman–Crippen MR) is 65.5 cm³/mol. The standard InChI is InChI=1S/C12H15ClN2O/c1-8-4-5-15(7-8)12(16)9-2-3-11(14)10(13)6-9/h2-3,6,8H,4-5,7,14H2,1H3. The Morgan fingerprint density at radius 2 is 2.31 bits per heavy atom. The Morgan fingerprint density at radius 3 is 2.88 bits per heavy atom. The lowest BCUT2D eigenvalue weighted by molar-refractivity contribution is 0.0788. The zero-order chi connectivity index (χ0) is 11.7. The van der Waals surface area contributed by atoms with E-state index in [-0.39, 0.29) is 5.91 Å². The SMILES string of the molecule is CC1CCN(C(=O)c2ccc(N)c(Cl)c2)C1.